The molecule has 0 amide bonds. The first kappa shape index (κ1) is 50.7. The first-order chi connectivity index (χ1) is 27.1. The summed E-state index contributed by atoms with van der Waals surface area (Å²) in [6.45, 7) is 22.0. The Kier molecular flexibility index (Phi) is 15.9. The van der Waals surface area contributed by atoms with Gasteiger partial charge in [-0.3, -0.25) is 9.98 Å². The van der Waals surface area contributed by atoms with E-state index in [1.165, 1.54) is 22.3 Å². The topological polar surface area (TPSA) is 65.2 Å². The number of aryl methyl sites for hydroxylation is 2. The van der Waals surface area contributed by atoms with Crippen LogP contribution in [0.4, 0.5) is 25.2 Å². The van der Waals surface area contributed by atoms with Crippen molar-refractivity contribution < 1.29 is 52.5 Å². The summed E-state index contributed by atoms with van der Waals surface area (Å²) in [6.07, 6.45) is 9.61. The van der Waals surface area contributed by atoms with Crippen LogP contribution < -0.4 is 0 Å². The van der Waals surface area contributed by atoms with Gasteiger partial charge in [-0.05, 0) is 95.9 Å². The number of nitrogens with zero attached hydrogens (tertiary/aromatic N) is 2. The molecule has 1 radical (unpaired) electrons. The zero-order valence-corrected chi connectivity index (χ0v) is 38.6. The van der Waals surface area contributed by atoms with Gasteiger partial charge < -0.3 is 10.2 Å². The monoisotopic (exact) mass is 898 g/mol. The van der Waals surface area contributed by atoms with Gasteiger partial charge in [-0.1, -0.05) is 129 Å². The SMILES string of the molecule is CC[C@H](c1ccc(C(C)(C)C)cc1)c1c(C)ccc(C=N[C@H]2CCCC[C@@H]2N=Cc2ccc(C)c([C@H](CC)c3ccc(C(C)(C)C)cc3)c2O)c1O.F[P-](F)(F)(F)(F)F.[Mn]. The number of hydrogen-bond donors (Lipinski definition) is 2. The van der Waals surface area contributed by atoms with Crippen LogP contribution in [0.15, 0.2) is 82.8 Å². The van der Waals surface area contributed by atoms with Crippen LogP contribution in [-0.2, 0) is 27.9 Å². The minimum Gasteiger partial charge on any atom is 0 e. The van der Waals surface area contributed by atoms with Gasteiger partial charge in [0.25, 0.3) is 0 Å². The Morgan fingerprint density at radius 3 is 1.15 bits per heavy atom. The van der Waals surface area contributed by atoms with E-state index >= 15 is 0 Å². The molecule has 0 unspecified atom stereocenters. The van der Waals surface area contributed by atoms with Crippen LogP contribution in [0.3, 0.4) is 0 Å². The maximum Gasteiger partial charge on any atom is 0 e. The molecule has 1 fully saturated rings. The third-order valence-corrected chi connectivity index (χ3v) is 11.3. The van der Waals surface area contributed by atoms with E-state index in [4.69, 9.17) is 9.98 Å². The minimum absolute atomic E-state index is 0. The quantitative estimate of drug-likeness (QED) is 0.0721. The van der Waals surface area contributed by atoms with Gasteiger partial charge in [-0.25, -0.2) is 0 Å². The molecule has 1 aliphatic rings. The summed E-state index contributed by atoms with van der Waals surface area (Å²) in [7, 11) is -10.7. The average Bonchev–Trinajstić information content (AvgIpc) is 3.13. The predicted octanol–water partition coefficient (Wildman–Crippen LogP) is 15.6. The maximum absolute atomic E-state index is 11.7. The Balaban J connectivity index is 0.00000110. The predicted molar refractivity (Wildman–Crippen MR) is 235 cm³/mol. The van der Waals surface area contributed by atoms with Crippen LogP contribution >= 0.6 is 7.81 Å². The first-order valence-corrected chi connectivity index (χ1v) is 22.6. The van der Waals surface area contributed by atoms with Crippen LogP contribution in [-0.4, -0.2) is 34.7 Å². The molecule has 0 heterocycles. The van der Waals surface area contributed by atoms with Crippen molar-refractivity contribution in [3.05, 3.63) is 128 Å². The van der Waals surface area contributed by atoms with Gasteiger partial charge in [0.05, 0.1) is 12.1 Å². The largest absolute Gasteiger partial charge is 0 e. The second kappa shape index (κ2) is 18.8. The van der Waals surface area contributed by atoms with Crippen molar-refractivity contribution in [2.45, 2.75) is 143 Å². The summed E-state index contributed by atoms with van der Waals surface area (Å²) < 4.78 is 59.2. The fourth-order valence-corrected chi connectivity index (χ4v) is 7.97. The van der Waals surface area contributed by atoms with Crippen LogP contribution in [0, 0.1) is 13.8 Å². The van der Waals surface area contributed by atoms with E-state index in [9.17, 15) is 35.4 Å². The average molecular weight is 899 g/mol. The van der Waals surface area contributed by atoms with Crippen LogP contribution in [0.2, 0.25) is 0 Å². The third kappa shape index (κ3) is 14.5. The Morgan fingerprint density at radius 2 is 0.883 bits per heavy atom. The summed E-state index contributed by atoms with van der Waals surface area (Å²) >= 11 is 0. The van der Waals surface area contributed by atoms with Crippen molar-refractivity contribution in [2.75, 3.05) is 0 Å². The standard InChI is InChI=1S/C48H62N2O2.F6P.Mn/c1-11-39(33-21-25-37(26-22-33)47(5,6)7)43-31(3)17-19-35(45(43)51)29-49-41-15-13-14-16-42(41)50-30-36-20-18-32(4)44(46(36)52)40(12-2)34-23-27-38(28-24-34)48(8,9)10;1-7(2,3,4,5)6;/h17-30,39-42,51-52H,11-16H2,1-10H3;;/q;-1;/t39-,40-,41+,42+;;/m1../s1. The second-order valence-electron chi connectivity index (χ2n) is 18.1. The number of benzene rings is 4. The molecule has 4 aromatic carbocycles. The third-order valence-electron chi connectivity index (χ3n) is 11.3. The van der Waals surface area contributed by atoms with E-state index in [1.807, 2.05) is 24.6 Å². The minimum atomic E-state index is -10.7. The molecule has 331 valence electrons. The number of rotatable bonds is 10. The van der Waals surface area contributed by atoms with E-state index in [0.717, 1.165) is 71.9 Å². The molecule has 4 atom stereocenters. The molecule has 0 spiro atoms. The van der Waals surface area contributed by atoms with Crippen molar-refractivity contribution in [1.29, 1.82) is 0 Å². The Labute approximate surface area is 363 Å². The van der Waals surface area contributed by atoms with Gasteiger partial charge in [0.2, 0.25) is 0 Å². The molecule has 12 heteroatoms. The second-order valence-corrected chi connectivity index (χ2v) is 20.0. The smallest absolute Gasteiger partial charge is 0 e. The summed E-state index contributed by atoms with van der Waals surface area (Å²) in [6, 6.07) is 26.0. The molecular weight excluding hydrogens is 836 g/mol. The van der Waals surface area contributed by atoms with Crippen LogP contribution in [0.1, 0.15) is 161 Å². The molecule has 4 nitrogen and oxygen atoms in total. The molecule has 0 saturated heterocycles. The molecule has 0 aliphatic heterocycles. The Bertz CT molecular complexity index is 1970. The number of phenols is 2. The van der Waals surface area contributed by atoms with Crippen molar-refractivity contribution >= 4 is 20.2 Å². The Morgan fingerprint density at radius 1 is 0.583 bits per heavy atom. The maximum atomic E-state index is 11.7. The molecule has 0 aromatic heterocycles. The molecular formula is C48H62F6MnN2O2P-. The van der Waals surface area contributed by atoms with Crippen molar-refractivity contribution in [1.82, 2.24) is 0 Å². The summed E-state index contributed by atoms with van der Waals surface area (Å²) in [5, 5.41) is 23.4. The van der Waals surface area contributed by atoms with E-state index in [-0.39, 0.29) is 51.8 Å². The van der Waals surface area contributed by atoms with E-state index in [0.29, 0.717) is 11.5 Å². The van der Waals surface area contributed by atoms with Crippen LogP contribution in [0.25, 0.3) is 0 Å². The van der Waals surface area contributed by atoms with Gasteiger partial charge >= 0.3 is 33.0 Å². The van der Waals surface area contributed by atoms with Gasteiger partial charge in [-0.15, -0.1) is 0 Å². The van der Waals surface area contributed by atoms with Gasteiger partial charge in [0.15, 0.2) is 0 Å². The number of halogens is 6. The molecule has 5 rings (SSSR count). The fourth-order valence-electron chi connectivity index (χ4n) is 7.97. The number of hydrogen-bond acceptors (Lipinski definition) is 4. The zero-order chi connectivity index (χ0) is 44.2. The normalized spacial score (nSPS) is 18.5. The van der Waals surface area contributed by atoms with E-state index in [2.05, 4.69) is 130 Å². The number of aliphatic imine (C=N–C) groups is 2. The zero-order valence-electron chi connectivity index (χ0n) is 36.5. The van der Waals surface area contributed by atoms with Crippen LogP contribution in [0.5, 0.6) is 11.5 Å². The molecule has 1 aliphatic carbocycles. The van der Waals surface area contributed by atoms with E-state index in [1.54, 1.807) is 0 Å². The summed E-state index contributed by atoms with van der Waals surface area (Å²) in [5.74, 6) is 0.831. The number of phenolic OH excluding ortho intramolecular Hbond substituents is 2. The van der Waals surface area contributed by atoms with E-state index < -0.39 is 7.81 Å². The molecule has 60 heavy (non-hydrogen) atoms. The number of aromatic hydroxyl groups is 2. The van der Waals surface area contributed by atoms with Crippen molar-refractivity contribution in [3.8, 4) is 11.5 Å². The molecule has 1 saturated carbocycles. The van der Waals surface area contributed by atoms with Gasteiger partial charge in [0, 0.05) is 63.6 Å². The summed E-state index contributed by atoms with van der Waals surface area (Å²) in [5.41, 5.74) is 10.9. The fraction of sp³-hybridized carbons (Fsp3) is 0.458. The molecule has 4 aromatic rings. The molecule has 0 bridgehead atoms. The van der Waals surface area contributed by atoms with Gasteiger partial charge in [-0.2, -0.15) is 0 Å². The van der Waals surface area contributed by atoms with Crippen molar-refractivity contribution in [2.24, 2.45) is 9.98 Å². The molecule has 2 N–H and O–H groups in total. The first-order valence-electron chi connectivity index (χ1n) is 20.6. The van der Waals surface area contributed by atoms with Gasteiger partial charge in [0.1, 0.15) is 11.5 Å². The Hall–Kier alpha value is -3.65. The summed E-state index contributed by atoms with van der Waals surface area (Å²) in [4.78, 5) is 10.1. The van der Waals surface area contributed by atoms with Crippen molar-refractivity contribution in [3.63, 3.8) is 0 Å².